The zero-order valence-corrected chi connectivity index (χ0v) is 22.6. The molecule has 0 fully saturated rings. The summed E-state index contributed by atoms with van der Waals surface area (Å²) in [6.45, 7) is 0.593. The van der Waals surface area contributed by atoms with E-state index in [2.05, 4.69) is 9.88 Å². The Morgan fingerprint density at radius 2 is 1.73 bits per heavy atom. The van der Waals surface area contributed by atoms with Crippen LogP contribution in [0.1, 0.15) is 17.5 Å². The van der Waals surface area contributed by atoms with Crippen molar-refractivity contribution in [3.63, 3.8) is 0 Å². The van der Waals surface area contributed by atoms with Crippen LogP contribution in [-0.2, 0) is 26.1 Å². The highest BCUT2D eigenvalue weighted by Gasteiger charge is 2.26. The summed E-state index contributed by atoms with van der Waals surface area (Å²) in [6.07, 6.45) is 0.421. The number of nitriles is 1. The Kier molecular flexibility index (Phi) is 10.5. The molecule has 6 N–H and O–H groups in total. The number of carboxylic acids is 1. The van der Waals surface area contributed by atoms with Gasteiger partial charge in [-0.2, -0.15) is 9.98 Å². The van der Waals surface area contributed by atoms with Crippen molar-refractivity contribution in [3.05, 3.63) is 82.9 Å². The van der Waals surface area contributed by atoms with Crippen molar-refractivity contribution in [2.75, 3.05) is 13.2 Å². The number of aliphatic carboxylic acids is 1. The summed E-state index contributed by atoms with van der Waals surface area (Å²) in [5.74, 6) is -0.500. The van der Waals surface area contributed by atoms with E-state index in [0.29, 0.717) is 24.3 Å². The van der Waals surface area contributed by atoms with Crippen molar-refractivity contribution < 1.29 is 32.6 Å². The molecule has 0 saturated carbocycles. The SMILES string of the molecule is N#Cc1c(Cl)cccc1Oc1ccc(S(=O)(=O)N[C@@H](Cc2ccc(OCCCON=C(N)N)cc2)C(=O)O)cc1. The number of nitrogens with zero attached hydrogens (tertiary/aromatic N) is 2. The average Bonchev–Trinajstić information content (AvgIpc) is 2.91. The lowest BCUT2D eigenvalue weighted by Crippen LogP contribution is -2.42. The van der Waals surface area contributed by atoms with Crippen LogP contribution in [0, 0.1) is 11.3 Å². The van der Waals surface area contributed by atoms with Gasteiger partial charge in [-0.3, -0.25) is 4.79 Å². The van der Waals surface area contributed by atoms with Crippen molar-refractivity contribution in [1.82, 2.24) is 4.72 Å². The summed E-state index contributed by atoms with van der Waals surface area (Å²) in [7, 11) is -4.19. The monoisotopic (exact) mass is 587 g/mol. The Labute approximate surface area is 235 Å². The Bertz CT molecular complexity index is 1490. The maximum Gasteiger partial charge on any atom is 0.322 e. The number of sulfonamides is 1. The molecule has 0 aliphatic rings. The van der Waals surface area contributed by atoms with Gasteiger partial charge in [0.15, 0.2) is 0 Å². The summed E-state index contributed by atoms with van der Waals surface area (Å²) in [5, 5.41) is 22.5. The Morgan fingerprint density at radius 1 is 1.05 bits per heavy atom. The second-order valence-corrected chi connectivity index (χ2v) is 10.3. The Balaban J connectivity index is 1.59. The third-order valence-electron chi connectivity index (χ3n) is 5.23. The van der Waals surface area contributed by atoms with Crippen molar-refractivity contribution in [3.8, 4) is 23.3 Å². The molecule has 3 aromatic rings. The van der Waals surface area contributed by atoms with E-state index in [1.54, 1.807) is 42.5 Å². The molecule has 3 rings (SSSR count). The molecule has 0 amide bonds. The molecule has 0 aromatic heterocycles. The largest absolute Gasteiger partial charge is 0.493 e. The normalized spacial score (nSPS) is 11.6. The minimum Gasteiger partial charge on any atom is -0.493 e. The van der Waals surface area contributed by atoms with E-state index in [9.17, 15) is 23.6 Å². The van der Waals surface area contributed by atoms with E-state index in [1.165, 1.54) is 24.3 Å². The predicted molar refractivity (Wildman–Crippen MR) is 146 cm³/mol. The summed E-state index contributed by atoms with van der Waals surface area (Å²) < 4.78 is 39.3. The lowest BCUT2D eigenvalue weighted by molar-refractivity contribution is -0.138. The van der Waals surface area contributed by atoms with Gasteiger partial charge in [0.05, 0.1) is 16.5 Å². The third-order valence-corrected chi connectivity index (χ3v) is 7.03. The van der Waals surface area contributed by atoms with Gasteiger partial charge in [0, 0.05) is 6.42 Å². The topological polar surface area (TPSA) is 199 Å². The standard InChI is InChI=1S/C26H26ClN5O7S/c27-22-3-1-4-24(21(22)16-28)39-19-9-11-20(12-10-19)40(35,36)32-23(25(33)34)15-17-5-7-18(8-6-17)37-13-2-14-38-31-26(29)30/h1,3-12,23,32H,2,13-15H2,(H,33,34)(H4,29,30,31)/t23-/m0/s1. The van der Waals surface area contributed by atoms with Crippen LogP contribution < -0.4 is 25.7 Å². The molecule has 3 aromatic carbocycles. The Hall–Kier alpha value is -4.51. The van der Waals surface area contributed by atoms with Crippen LogP contribution in [-0.4, -0.2) is 44.7 Å². The van der Waals surface area contributed by atoms with Crippen molar-refractivity contribution in [2.45, 2.75) is 23.8 Å². The molecule has 1 atom stereocenters. The van der Waals surface area contributed by atoms with Crippen LogP contribution in [0.4, 0.5) is 0 Å². The van der Waals surface area contributed by atoms with E-state index in [-0.39, 0.29) is 46.0 Å². The van der Waals surface area contributed by atoms with Gasteiger partial charge in [0.25, 0.3) is 0 Å². The highest BCUT2D eigenvalue weighted by molar-refractivity contribution is 7.89. The van der Waals surface area contributed by atoms with Gasteiger partial charge in [-0.25, -0.2) is 8.42 Å². The van der Waals surface area contributed by atoms with Crippen molar-refractivity contribution in [1.29, 1.82) is 5.26 Å². The number of oxime groups is 1. The summed E-state index contributed by atoms with van der Waals surface area (Å²) >= 11 is 6.01. The molecule has 40 heavy (non-hydrogen) atoms. The molecule has 0 unspecified atom stereocenters. The predicted octanol–water partition coefficient (Wildman–Crippen LogP) is 2.95. The maximum absolute atomic E-state index is 12.9. The van der Waals surface area contributed by atoms with Gasteiger partial charge in [-0.05, 0) is 65.7 Å². The van der Waals surface area contributed by atoms with Crippen molar-refractivity contribution in [2.24, 2.45) is 16.6 Å². The van der Waals surface area contributed by atoms with Gasteiger partial charge < -0.3 is 30.9 Å². The molecular weight excluding hydrogens is 562 g/mol. The van der Waals surface area contributed by atoms with Gasteiger partial charge in [-0.1, -0.05) is 29.8 Å². The highest BCUT2D eigenvalue weighted by Crippen LogP contribution is 2.30. The van der Waals surface area contributed by atoms with Gasteiger partial charge in [-0.15, -0.1) is 0 Å². The fourth-order valence-electron chi connectivity index (χ4n) is 3.34. The lowest BCUT2D eigenvalue weighted by atomic mass is 10.1. The van der Waals surface area contributed by atoms with Gasteiger partial charge >= 0.3 is 5.97 Å². The van der Waals surface area contributed by atoms with E-state index in [1.807, 2.05) is 6.07 Å². The van der Waals surface area contributed by atoms with Crippen LogP contribution in [0.15, 0.2) is 76.8 Å². The quantitative estimate of drug-likeness (QED) is 0.0940. The van der Waals surface area contributed by atoms with E-state index in [0.717, 1.165) is 0 Å². The fraction of sp³-hybridized carbons (Fsp3) is 0.192. The van der Waals surface area contributed by atoms with Crippen LogP contribution in [0.2, 0.25) is 5.02 Å². The van der Waals surface area contributed by atoms with E-state index in [4.69, 9.17) is 37.4 Å². The number of benzene rings is 3. The second-order valence-electron chi connectivity index (χ2n) is 8.21. The molecule has 12 nitrogen and oxygen atoms in total. The number of carboxylic acid groups (broad SMARTS) is 1. The first-order chi connectivity index (χ1) is 19.1. The molecular formula is C26H26ClN5O7S. The second kappa shape index (κ2) is 14.0. The number of ether oxygens (including phenoxy) is 2. The van der Waals surface area contributed by atoms with E-state index >= 15 is 0 Å². The zero-order valence-electron chi connectivity index (χ0n) is 21.0. The first-order valence-corrected chi connectivity index (χ1v) is 13.6. The lowest BCUT2D eigenvalue weighted by Gasteiger charge is -2.16. The van der Waals surface area contributed by atoms with E-state index < -0.39 is 22.0 Å². The number of halogens is 1. The molecule has 210 valence electrons. The fourth-order valence-corrected chi connectivity index (χ4v) is 4.73. The molecule has 0 heterocycles. The summed E-state index contributed by atoms with van der Waals surface area (Å²) in [6, 6.07) is 17.1. The zero-order chi connectivity index (χ0) is 29.1. The Morgan fingerprint density at radius 3 is 2.35 bits per heavy atom. The molecule has 0 radical (unpaired) electrons. The molecule has 0 aliphatic carbocycles. The van der Waals surface area contributed by atoms with Gasteiger partial charge in [0.1, 0.15) is 41.5 Å². The number of rotatable bonds is 14. The smallest absolute Gasteiger partial charge is 0.322 e. The number of hydrogen-bond donors (Lipinski definition) is 4. The van der Waals surface area contributed by atoms with Crippen LogP contribution in [0.25, 0.3) is 0 Å². The summed E-state index contributed by atoms with van der Waals surface area (Å²) in [4.78, 5) is 16.5. The number of guanidine groups is 1. The first-order valence-electron chi connectivity index (χ1n) is 11.7. The van der Waals surface area contributed by atoms with Crippen LogP contribution in [0.5, 0.6) is 17.2 Å². The van der Waals surface area contributed by atoms with Crippen LogP contribution >= 0.6 is 11.6 Å². The van der Waals surface area contributed by atoms with Gasteiger partial charge in [0.2, 0.25) is 16.0 Å². The van der Waals surface area contributed by atoms with Crippen molar-refractivity contribution >= 4 is 33.6 Å². The number of carbonyl (C=O) groups is 1. The summed E-state index contributed by atoms with van der Waals surface area (Å²) in [5.41, 5.74) is 11.0. The highest BCUT2D eigenvalue weighted by atomic mass is 35.5. The minimum absolute atomic E-state index is 0.103. The number of nitrogens with two attached hydrogens (primary N) is 2. The molecule has 14 heteroatoms. The molecule has 0 bridgehead atoms. The molecule has 0 spiro atoms. The third kappa shape index (κ3) is 8.77. The number of hydrogen-bond acceptors (Lipinski definition) is 8. The minimum atomic E-state index is -4.19. The maximum atomic E-state index is 12.9. The van der Waals surface area contributed by atoms with Crippen LogP contribution in [0.3, 0.4) is 0 Å². The molecule has 0 saturated heterocycles. The average molecular weight is 588 g/mol. The number of nitrogens with one attached hydrogen (secondary N) is 1. The first kappa shape index (κ1) is 30.0. The molecule has 0 aliphatic heterocycles.